The van der Waals surface area contributed by atoms with Gasteiger partial charge in [-0.3, -0.25) is 5.32 Å². The Morgan fingerprint density at radius 2 is 2.38 bits per heavy atom. The van der Waals surface area contributed by atoms with E-state index in [1.54, 1.807) is 0 Å². The number of hydrogen-bond acceptors (Lipinski definition) is 3. The van der Waals surface area contributed by atoms with E-state index in [-0.39, 0.29) is 6.61 Å². The van der Waals surface area contributed by atoms with Crippen molar-refractivity contribution in [3.8, 4) is 0 Å². The van der Waals surface area contributed by atoms with E-state index in [0.29, 0.717) is 6.42 Å². The van der Waals surface area contributed by atoms with Gasteiger partial charge in [0.1, 0.15) is 5.72 Å². The van der Waals surface area contributed by atoms with Gasteiger partial charge in [-0.05, 0) is 19.4 Å². The molecule has 0 spiro atoms. The van der Waals surface area contributed by atoms with Crippen molar-refractivity contribution in [1.29, 1.82) is 0 Å². The first-order valence-electron chi connectivity index (χ1n) is 2.85. The molecule has 1 heterocycles. The van der Waals surface area contributed by atoms with Gasteiger partial charge in [0.25, 0.3) is 0 Å². The van der Waals surface area contributed by atoms with Crippen molar-refractivity contribution < 1.29 is 10.2 Å². The summed E-state index contributed by atoms with van der Waals surface area (Å²) < 4.78 is 0. The van der Waals surface area contributed by atoms with Gasteiger partial charge in [0.2, 0.25) is 0 Å². The van der Waals surface area contributed by atoms with Crippen LogP contribution in [0.4, 0.5) is 0 Å². The second kappa shape index (κ2) is 2.01. The number of aliphatic hydroxyl groups is 2. The molecule has 0 aromatic rings. The van der Waals surface area contributed by atoms with Crippen molar-refractivity contribution in [2.24, 2.45) is 0 Å². The standard InChI is InChI=1S/C5H11NO2/c7-4-5(8)2-1-3-6-5/h6-8H,1-4H2. The van der Waals surface area contributed by atoms with E-state index in [0.717, 1.165) is 13.0 Å². The summed E-state index contributed by atoms with van der Waals surface area (Å²) in [4.78, 5) is 0. The van der Waals surface area contributed by atoms with Crippen molar-refractivity contribution >= 4 is 0 Å². The highest BCUT2D eigenvalue weighted by atomic mass is 16.3. The third-order valence-electron chi connectivity index (χ3n) is 1.48. The molecule has 0 aromatic heterocycles. The zero-order chi connectivity index (χ0) is 6.04. The lowest BCUT2D eigenvalue weighted by atomic mass is 10.2. The highest BCUT2D eigenvalue weighted by Gasteiger charge is 2.28. The SMILES string of the molecule is OCC1(O)CCCN1. The minimum atomic E-state index is -0.958. The first kappa shape index (κ1) is 6.01. The van der Waals surface area contributed by atoms with Crippen LogP contribution >= 0.6 is 0 Å². The fourth-order valence-corrected chi connectivity index (χ4v) is 0.925. The highest BCUT2D eigenvalue weighted by Crippen LogP contribution is 2.13. The van der Waals surface area contributed by atoms with E-state index in [1.807, 2.05) is 0 Å². The van der Waals surface area contributed by atoms with Crippen LogP contribution in [0.2, 0.25) is 0 Å². The molecule has 1 aliphatic heterocycles. The molecule has 3 nitrogen and oxygen atoms in total. The third kappa shape index (κ3) is 0.992. The maximum atomic E-state index is 9.14. The number of nitrogens with one attached hydrogen (secondary N) is 1. The zero-order valence-electron chi connectivity index (χ0n) is 4.72. The van der Waals surface area contributed by atoms with Crippen molar-refractivity contribution in [1.82, 2.24) is 5.32 Å². The van der Waals surface area contributed by atoms with Crippen LogP contribution in [0.3, 0.4) is 0 Å². The summed E-state index contributed by atoms with van der Waals surface area (Å²) in [6.07, 6.45) is 1.63. The van der Waals surface area contributed by atoms with Crippen molar-refractivity contribution in [3.05, 3.63) is 0 Å². The molecule has 0 radical (unpaired) electrons. The lowest BCUT2D eigenvalue weighted by Crippen LogP contribution is -2.42. The van der Waals surface area contributed by atoms with Gasteiger partial charge in [-0.15, -0.1) is 0 Å². The van der Waals surface area contributed by atoms with Gasteiger partial charge in [0.05, 0.1) is 6.61 Å². The van der Waals surface area contributed by atoms with Crippen LogP contribution in [0.1, 0.15) is 12.8 Å². The molecule has 1 saturated heterocycles. The van der Waals surface area contributed by atoms with Crippen LogP contribution in [0, 0.1) is 0 Å². The van der Waals surface area contributed by atoms with Gasteiger partial charge >= 0.3 is 0 Å². The summed E-state index contributed by atoms with van der Waals surface area (Å²) in [7, 11) is 0. The van der Waals surface area contributed by atoms with Gasteiger partial charge in [0.15, 0.2) is 0 Å². The van der Waals surface area contributed by atoms with E-state index in [4.69, 9.17) is 10.2 Å². The molecule has 0 saturated carbocycles. The van der Waals surface area contributed by atoms with Crippen LogP contribution in [0.25, 0.3) is 0 Å². The molecule has 48 valence electrons. The van der Waals surface area contributed by atoms with Crippen LogP contribution in [-0.2, 0) is 0 Å². The molecule has 0 aliphatic carbocycles. The Morgan fingerprint density at radius 1 is 1.62 bits per heavy atom. The molecule has 1 aliphatic rings. The molecule has 1 unspecified atom stereocenters. The van der Waals surface area contributed by atoms with E-state index >= 15 is 0 Å². The third-order valence-corrected chi connectivity index (χ3v) is 1.48. The van der Waals surface area contributed by atoms with Crippen LogP contribution in [-0.4, -0.2) is 29.1 Å². The molecule has 0 amide bonds. The summed E-state index contributed by atoms with van der Waals surface area (Å²) in [6.45, 7) is 0.643. The van der Waals surface area contributed by atoms with Gasteiger partial charge in [-0.2, -0.15) is 0 Å². The molecular formula is C5H11NO2. The largest absolute Gasteiger partial charge is 0.392 e. The predicted octanol–water partition coefficient (Wildman–Crippen LogP) is -0.949. The van der Waals surface area contributed by atoms with E-state index in [1.165, 1.54) is 0 Å². The summed E-state index contributed by atoms with van der Waals surface area (Å²) in [5.41, 5.74) is -0.958. The highest BCUT2D eigenvalue weighted by molar-refractivity contribution is 4.80. The van der Waals surface area contributed by atoms with Crippen LogP contribution < -0.4 is 5.32 Å². The smallest absolute Gasteiger partial charge is 0.139 e. The van der Waals surface area contributed by atoms with Crippen molar-refractivity contribution in [2.75, 3.05) is 13.2 Å². The second-order valence-electron chi connectivity index (χ2n) is 2.22. The molecule has 1 rings (SSSR count). The summed E-state index contributed by atoms with van der Waals surface area (Å²) in [6, 6.07) is 0. The molecule has 3 heteroatoms. The normalized spacial score (nSPS) is 38.2. The molecule has 1 fully saturated rings. The van der Waals surface area contributed by atoms with Gasteiger partial charge in [-0.25, -0.2) is 0 Å². The van der Waals surface area contributed by atoms with Crippen molar-refractivity contribution in [2.45, 2.75) is 18.6 Å². The van der Waals surface area contributed by atoms with Gasteiger partial charge < -0.3 is 10.2 Å². The Hall–Kier alpha value is -0.120. The Kier molecular flexibility index (Phi) is 1.51. The second-order valence-corrected chi connectivity index (χ2v) is 2.22. The fourth-order valence-electron chi connectivity index (χ4n) is 0.925. The van der Waals surface area contributed by atoms with Gasteiger partial charge in [-0.1, -0.05) is 0 Å². The molecular weight excluding hydrogens is 106 g/mol. The monoisotopic (exact) mass is 117 g/mol. The number of hydrogen-bond donors (Lipinski definition) is 3. The molecule has 0 aromatic carbocycles. The fraction of sp³-hybridized carbons (Fsp3) is 1.00. The van der Waals surface area contributed by atoms with Gasteiger partial charge in [0, 0.05) is 0 Å². The Labute approximate surface area is 48.3 Å². The quantitative estimate of drug-likeness (QED) is 0.415. The summed E-state index contributed by atoms with van der Waals surface area (Å²) >= 11 is 0. The summed E-state index contributed by atoms with van der Waals surface area (Å²) in [5.74, 6) is 0. The Balaban J connectivity index is 2.40. The molecule has 8 heavy (non-hydrogen) atoms. The van der Waals surface area contributed by atoms with E-state index < -0.39 is 5.72 Å². The Morgan fingerprint density at radius 3 is 2.62 bits per heavy atom. The average Bonchev–Trinajstić information content (AvgIpc) is 2.17. The van der Waals surface area contributed by atoms with Crippen LogP contribution in [0.5, 0.6) is 0 Å². The lowest BCUT2D eigenvalue weighted by Gasteiger charge is -2.18. The van der Waals surface area contributed by atoms with Crippen molar-refractivity contribution in [3.63, 3.8) is 0 Å². The Bertz CT molecular complexity index is 78.5. The first-order chi connectivity index (χ1) is 3.77. The molecule has 0 bridgehead atoms. The number of rotatable bonds is 1. The zero-order valence-corrected chi connectivity index (χ0v) is 4.72. The molecule has 3 N–H and O–H groups in total. The average molecular weight is 117 g/mol. The van der Waals surface area contributed by atoms with E-state index in [9.17, 15) is 0 Å². The van der Waals surface area contributed by atoms with E-state index in [2.05, 4.69) is 5.32 Å². The minimum Gasteiger partial charge on any atom is -0.392 e. The summed E-state index contributed by atoms with van der Waals surface area (Å²) in [5, 5.41) is 20.4. The first-order valence-corrected chi connectivity index (χ1v) is 2.85. The van der Waals surface area contributed by atoms with Crippen LogP contribution in [0.15, 0.2) is 0 Å². The topological polar surface area (TPSA) is 52.5 Å². The number of aliphatic hydroxyl groups excluding tert-OH is 1. The maximum Gasteiger partial charge on any atom is 0.139 e. The molecule has 1 atom stereocenters. The minimum absolute atomic E-state index is 0.174. The maximum absolute atomic E-state index is 9.14. The lowest BCUT2D eigenvalue weighted by molar-refractivity contribution is -0.0268. The predicted molar refractivity (Wildman–Crippen MR) is 29.3 cm³/mol.